The lowest BCUT2D eigenvalue weighted by molar-refractivity contribution is 0.0380. The Bertz CT molecular complexity index is 661. The van der Waals surface area contributed by atoms with Gasteiger partial charge in [0.15, 0.2) is 0 Å². The monoisotopic (exact) mass is 334 g/mol. The molecule has 1 atom stereocenters. The summed E-state index contributed by atoms with van der Waals surface area (Å²) in [6.07, 6.45) is 2.49. The van der Waals surface area contributed by atoms with E-state index in [1.165, 1.54) is 18.2 Å². The van der Waals surface area contributed by atoms with Gasteiger partial charge in [-0.2, -0.15) is 0 Å². The topological polar surface area (TPSA) is 62.7 Å². The van der Waals surface area contributed by atoms with E-state index in [0.29, 0.717) is 10.6 Å². The smallest absolute Gasteiger partial charge is 0.255 e. The summed E-state index contributed by atoms with van der Waals surface area (Å²) in [5.74, 6) is -0.205. The predicted molar refractivity (Wildman–Crippen MR) is 89.5 cm³/mol. The van der Waals surface area contributed by atoms with Gasteiger partial charge in [0.05, 0.1) is 18.3 Å². The van der Waals surface area contributed by atoms with Crippen molar-refractivity contribution in [3.8, 4) is 11.1 Å². The van der Waals surface area contributed by atoms with Gasteiger partial charge >= 0.3 is 0 Å². The minimum atomic E-state index is -0.721. The number of aromatic nitrogens is 1. The first-order valence-corrected chi connectivity index (χ1v) is 7.52. The van der Waals surface area contributed by atoms with E-state index in [9.17, 15) is 9.90 Å². The number of halogens is 1. The highest BCUT2D eigenvalue weighted by Gasteiger charge is 2.16. The first-order chi connectivity index (χ1) is 11.0. The van der Waals surface area contributed by atoms with Crippen LogP contribution in [0.15, 0.2) is 42.7 Å². The highest BCUT2D eigenvalue weighted by molar-refractivity contribution is 6.30. The Morgan fingerprint density at radius 1 is 1.30 bits per heavy atom. The van der Waals surface area contributed by atoms with Gasteiger partial charge in [0, 0.05) is 43.7 Å². The normalized spacial score (nSPS) is 12.0. The van der Waals surface area contributed by atoms with E-state index in [1.54, 1.807) is 31.4 Å². The van der Waals surface area contributed by atoms with Crippen LogP contribution in [0.2, 0.25) is 5.02 Å². The molecular weight excluding hydrogens is 316 g/mol. The van der Waals surface area contributed by atoms with Gasteiger partial charge in [0.25, 0.3) is 5.91 Å². The molecule has 23 heavy (non-hydrogen) atoms. The molecule has 0 saturated heterocycles. The molecule has 0 saturated carbocycles. The number of likely N-dealkylation sites (N-methyl/N-ethyl adjacent to an activating group) is 1. The number of aliphatic hydroxyl groups excluding tert-OH is 1. The maximum Gasteiger partial charge on any atom is 0.255 e. The molecule has 0 bridgehead atoms. The molecule has 1 amide bonds. The number of amides is 1. The van der Waals surface area contributed by atoms with E-state index in [0.717, 1.165) is 11.1 Å². The molecule has 2 rings (SSSR count). The molecule has 0 aliphatic heterocycles. The fourth-order valence-corrected chi connectivity index (χ4v) is 2.35. The second-order valence-electron chi connectivity index (χ2n) is 5.26. The third-order valence-corrected chi connectivity index (χ3v) is 3.61. The minimum Gasteiger partial charge on any atom is -0.389 e. The van der Waals surface area contributed by atoms with E-state index in [4.69, 9.17) is 16.3 Å². The van der Waals surface area contributed by atoms with Crippen molar-refractivity contribution in [2.75, 3.05) is 27.3 Å². The van der Waals surface area contributed by atoms with E-state index >= 15 is 0 Å². The number of hydrogen-bond acceptors (Lipinski definition) is 4. The molecule has 2 aromatic rings. The second-order valence-corrected chi connectivity index (χ2v) is 5.70. The van der Waals surface area contributed by atoms with Crippen LogP contribution in [0.1, 0.15) is 10.4 Å². The molecule has 6 heteroatoms. The molecule has 0 aliphatic carbocycles. The molecule has 1 aromatic carbocycles. The summed E-state index contributed by atoms with van der Waals surface area (Å²) in [6, 6.07) is 9.11. The molecule has 1 unspecified atom stereocenters. The van der Waals surface area contributed by atoms with Crippen LogP contribution >= 0.6 is 11.6 Å². The van der Waals surface area contributed by atoms with Crippen LogP contribution in [0.3, 0.4) is 0 Å². The summed E-state index contributed by atoms with van der Waals surface area (Å²) < 4.78 is 4.87. The Labute approximate surface area is 140 Å². The third-order valence-electron chi connectivity index (χ3n) is 3.35. The fraction of sp³-hybridized carbons (Fsp3) is 0.294. The number of nitrogens with zero attached hydrogens (tertiary/aromatic N) is 2. The van der Waals surface area contributed by atoms with Gasteiger partial charge in [-0.15, -0.1) is 0 Å². The molecule has 1 heterocycles. The van der Waals surface area contributed by atoms with Crippen molar-refractivity contribution in [3.63, 3.8) is 0 Å². The standard InChI is InChI=1S/C17H19ClN2O3/c1-20(10-16(21)11-23-2)17(22)14-7-13(8-19-9-14)12-3-5-15(18)6-4-12/h3-9,16,21H,10-11H2,1-2H3. The predicted octanol–water partition coefficient (Wildman–Crippen LogP) is 2.48. The highest BCUT2D eigenvalue weighted by Crippen LogP contribution is 2.22. The SMILES string of the molecule is COCC(O)CN(C)C(=O)c1cncc(-c2ccc(Cl)cc2)c1. The van der Waals surface area contributed by atoms with Gasteiger partial charge in [-0.05, 0) is 23.8 Å². The second kappa shape index (κ2) is 8.06. The summed E-state index contributed by atoms with van der Waals surface area (Å²) in [5.41, 5.74) is 2.22. The largest absolute Gasteiger partial charge is 0.389 e. The van der Waals surface area contributed by atoms with Crippen molar-refractivity contribution >= 4 is 17.5 Å². The lowest BCUT2D eigenvalue weighted by Crippen LogP contribution is -2.36. The zero-order chi connectivity index (χ0) is 16.8. The average Bonchev–Trinajstić information content (AvgIpc) is 2.55. The zero-order valence-corrected chi connectivity index (χ0v) is 13.8. The molecule has 1 N–H and O–H groups in total. The number of pyridine rings is 1. The van der Waals surface area contributed by atoms with Crippen molar-refractivity contribution in [3.05, 3.63) is 53.3 Å². The van der Waals surface area contributed by atoms with Crippen molar-refractivity contribution in [2.45, 2.75) is 6.10 Å². The van der Waals surface area contributed by atoms with E-state index in [-0.39, 0.29) is 19.1 Å². The van der Waals surface area contributed by atoms with Gasteiger partial charge in [-0.1, -0.05) is 23.7 Å². The van der Waals surface area contributed by atoms with Crippen molar-refractivity contribution in [2.24, 2.45) is 0 Å². The first kappa shape index (κ1) is 17.4. The van der Waals surface area contributed by atoms with Crippen LogP contribution in [-0.4, -0.2) is 54.3 Å². The summed E-state index contributed by atoms with van der Waals surface area (Å²) in [7, 11) is 3.14. The summed E-state index contributed by atoms with van der Waals surface area (Å²) in [6.45, 7) is 0.374. The van der Waals surface area contributed by atoms with Crippen molar-refractivity contribution < 1.29 is 14.6 Å². The number of carbonyl (C=O) groups is 1. The number of hydrogen-bond donors (Lipinski definition) is 1. The minimum absolute atomic E-state index is 0.181. The Kier molecular flexibility index (Phi) is 6.10. The Hall–Kier alpha value is -1.95. The lowest BCUT2D eigenvalue weighted by Gasteiger charge is -2.20. The number of carbonyl (C=O) groups excluding carboxylic acids is 1. The number of aliphatic hydroxyl groups is 1. The van der Waals surface area contributed by atoms with Crippen LogP contribution in [0.5, 0.6) is 0 Å². The van der Waals surface area contributed by atoms with Crippen molar-refractivity contribution in [1.82, 2.24) is 9.88 Å². The van der Waals surface area contributed by atoms with Gasteiger partial charge in [-0.25, -0.2) is 0 Å². The quantitative estimate of drug-likeness (QED) is 0.881. The molecular formula is C17H19ClN2O3. The molecule has 1 aromatic heterocycles. The summed E-state index contributed by atoms with van der Waals surface area (Å²) >= 11 is 5.89. The maximum absolute atomic E-state index is 12.4. The average molecular weight is 335 g/mol. The maximum atomic E-state index is 12.4. The Balaban J connectivity index is 2.15. The molecule has 0 spiro atoms. The van der Waals surface area contributed by atoms with Gasteiger partial charge in [0.1, 0.15) is 0 Å². The van der Waals surface area contributed by atoms with Crippen LogP contribution in [0, 0.1) is 0 Å². The van der Waals surface area contributed by atoms with Gasteiger partial charge in [-0.3, -0.25) is 9.78 Å². The third kappa shape index (κ3) is 4.76. The van der Waals surface area contributed by atoms with Crippen molar-refractivity contribution in [1.29, 1.82) is 0 Å². The molecule has 5 nitrogen and oxygen atoms in total. The first-order valence-electron chi connectivity index (χ1n) is 7.14. The van der Waals surface area contributed by atoms with Crippen LogP contribution in [0.4, 0.5) is 0 Å². The Morgan fingerprint density at radius 3 is 2.65 bits per heavy atom. The fourth-order valence-electron chi connectivity index (χ4n) is 2.22. The van der Waals surface area contributed by atoms with E-state index < -0.39 is 6.10 Å². The molecule has 122 valence electrons. The lowest BCUT2D eigenvalue weighted by atomic mass is 10.1. The summed E-state index contributed by atoms with van der Waals surface area (Å²) in [4.78, 5) is 18.0. The number of rotatable bonds is 6. The van der Waals surface area contributed by atoms with Gasteiger partial charge in [0.2, 0.25) is 0 Å². The number of ether oxygens (including phenoxy) is 1. The molecule has 0 aliphatic rings. The van der Waals surface area contributed by atoms with E-state index in [1.807, 2.05) is 12.1 Å². The summed E-state index contributed by atoms with van der Waals surface area (Å²) in [5, 5.41) is 10.4. The highest BCUT2D eigenvalue weighted by atomic mass is 35.5. The Morgan fingerprint density at radius 2 is 2.00 bits per heavy atom. The molecule has 0 radical (unpaired) electrons. The number of benzene rings is 1. The van der Waals surface area contributed by atoms with Crippen LogP contribution < -0.4 is 0 Å². The van der Waals surface area contributed by atoms with E-state index in [2.05, 4.69) is 4.98 Å². The van der Waals surface area contributed by atoms with Crippen LogP contribution in [-0.2, 0) is 4.74 Å². The zero-order valence-electron chi connectivity index (χ0n) is 13.1. The number of methoxy groups -OCH3 is 1. The molecule has 0 fully saturated rings. The van der Waals surface area contributed by atoms with Crippen LogP contribution in [0.25, 0.3) is 11.1 Å². The van der Waals surface area contributed by atoms with Gasteiger partial charge < -0.3 is 14.7 Å².